The number of benzene rings is 1. The summed E-state index contributed by atoms with van der Waals surface area (Å²) in [6.07, 6.45) is 4.39. The van der Waals surface area contributed by atoms with E-state index in [1.165, 1.54) is 17.3 Å². The van der Waals surface area contributed by atoms with Crippen molar-refractivity contribution < 1.29 is 4.79 Å². The highest BCUT2D eigenvalue weighted by Crippen LogP contribution is 2.27. The van der Waals surface area contributed by atoms with E-state index in [1.54, 1.807) is 18.5 Å². The van der Waals surface area contributed by atoms with Crippen LogP contribution in [0.15, 0.2) is 47.9 Å². The van der Waals surface area contributed by atoms with Gasteiger partial charge in [-0.25, -0.2) is 9.97 Å². The van der Waals surface area contributed by atoms with Crippen LogP contribution in [0, 0.1) is 0 Å². The molecule has 116 valence electrons. The van der Waals surface area contributed by atoms with E-state index in [4.69, 9.17) is 0 Å². The molecule has 22 heavy (non-hydrogen) atoms. The summed E-state index contributed by atoms with van der Waals surface area (Å²) < 4.78 is 0. The molecule has 1 aromatic carbocycles. The van der Waals surface area contributed by atoms with Gasteiger partial charge in [-0.2, -0.15) is 0 Å². The summed E-state index contributed by atoms with van der Waals surface area (Å²) in [5, 5.41) is 3.38. The van der Waals surface area contributed by atoms with Gasteiger partial charge >= 0.3 is 0 Å². The quantitative estimate of drug-likeness (QED) is 0.644. The molecule has 1 amide bonds. The SMILES string of the molecule is CC[C@H](C)c1ccccc1NC(=O)[C@H](C)Sc1ncccn1. The number of aromatic nitrogens is 2. The molecule has 1 heterocycles. The molecule has 2 rings (SSSR count). The van der Waals surface area contributed by atoms with Crippen LogP contribution in [0.1, 0.15) is 38.7 Å². The van der Waals surface area contributed by atoms with Gasteiger partial charge in [-0.3, -0.25) is 4.79 Å². The maximum absolute atomic E-state index is 12.4. The third-order valence-corrected chi connectivity index (χ3v) is 4.54. The van der Waals surface area contributed by atoms with Crippen molar-refractivity contribution in [2.45, 2.75) is 43.5 Å². The monoisotopic (exact) mass is 315 g/mol. The van der Waals surface area contributed by atoms with Gasteiger partial charge < -0.3 is 5.32 Å². The van der Waals surface area contributed by atoms with Crippen LogP contribution >= 0.6 is 11.8 Å². The van der Waals surface area contributed by atoms with Crippen molar-refractivity contribution in [2.75, 3.05) is 5.32 Å². The topological polar surface area (TPSA) is 54.9 Å². The second kappa shape index (κ2) is 7.94. The third kappa shape index (κ3) is 4.31. The summed E-state index contributed by atoms with van der Waals surface area (Å²) in [6.45, 7) is 6.18. The van der Waals surface area contributed by atoms with Gasteiger partial charge in [0.25, 0.3) is 0 Å². The second-order valence-corrected chi connectivity index (χ2v) is 6.49. The molecule has 0 radical (unpaired) electrons. The minimum atomic E-state index is -0.257. The van der Waals surface area contributed by atoms with E-state index in [0.717, 1.165) is 12.1 Å². The predicted octanol–water partition coefficient (Wildman–Crippen LogP) is 4.11. The Labute approximate surface area is 135 Å². The Hall–Kier alpha value is -1.88. The van der Waals surface area contributed by atoms with E-state index in [2.05, 4.69) is 35.2 Å². The molecule has 0 aliphatic carbocycles. The van der Waals surface area contributed by atoms with E-state index in [0.29, 0.717) is 11.1 Å². The number of rotatable bonds is 6. The fourth-order valence-corrected chi connectivity index (χ4v) is 2.78. The number of para-hydroxylation sites is 1. The first-order chi connectivity index (χ1) is 10.6. The Balaban J connectivity index is 2.05. The lowest BCUT2D eigenvalue weighted by Crippen LogP contribution is -2.23. The Bertz CT molecular complexity index is 618. The molecule has 5 heteroatoms. The molecule has 0 aliphatic rings. The number of hydrogen-bond acceptors (Lipinski definition) is 4. The highest BCUT2D eigenvalue weighted by molar-refractivity contribution is 8.00. The molecule has 2 aromatic rings. The van der Waals surface area contributed by atoms with Crippen LogP contribution in [0.3, 0.4) is 0 Å². The minimum absolute atomic E-state index is 0.0341. The molecule has 1 aromatic heterocycles. The first-order valence-corrected chi connectivity index (χ1v) is 8.33. The Morgan fingerprint density at radius 2 is 1.86 bits per heavy atom. The van der Waals surface area contributed by atoms with Crippen molar-refractivity contribution in [3.63, 3.8) is 0 Å². The molecule has 0 bridgehead atoms. The molecule has 0 saturated heterocycles. The Kier molecular flexibility index (Phi) is 5.95. The van der Waals surface area contributed by atoms with Crippen LogP contribution in [0.2, 0.25) is 0 Å². The van der Waals surface area contributed by atoms with Gasteiger partial charge in [0.2, 0.25) is 5.91 Å². The van der Waals surface area contributed by atoms with Crippen molar-refractivity contribution in [2.24, 2.45) is 0 Å². The number of nitrogens with zero attached hydrogens (tertiary/aromatic N) is 2. The van der Waals surface area contributed by atoms with Crippen molar-refractivity contribution in [3.05, 3.63) is 48.3 Å². The average Bonchev–Trinajstić information content (AvgIpc) is 2.55. The van der Waals surface area contributed by atoms with Crippen molar-refractivity contribution in [1.29, 1.82) is 0 Å². The van der Waals surface area contributed by atoms with Gasteiger partial charge in [0, 0.05) is 18.1 Å². The van der Waals surface area contributed by atoms with Crippen molar-refractivity contribution >= 4 is 23.4 Å². The van der Waals surface area contributed by atoms with E-state index in [1.807, 2.05) is 25.1 Å². The van der Waals surface area contributed by atoms with Crippen molar-refractivity contribution in [1.82, 2.24) is 9.97 Å². The number of carbonyl (C=O) groups is 1. The standard InChI is InChI=1S/C17H21N3OS/c1-4-12(2)14-8-5-6-9-15(14)20-16(21)13(3)22-17-18-10-7-11-19-17/h5-13H,4H2,1-3H3,(H,20,21)/t12-,13-/m0/s1. The summed E-state index contributed by atoms with van der Waals surface area (Å²) in [6, 6.07) is 9.74. The van der Waals surface area contributed by atoms with E-state index < -0.39 is 0 Å². The number of amides is 1. The van der Waals surface area contributed by atoms with Gasteiger partial charge in [-0.05, 0) is 37.0 Å². The molecule has 1 N–H and O–H groups in total. The molecule has 0 spiro atoms. The first-order valence-electron chi connectivity index (χ1n) is 7.45. The summed E-state index contributed by atoms with van der Waals surface area (Å²) in [5.74, 6) is 0.380. The normalized spacial score (nSPS) is 13.4. The maximum Gasteiger partial charge on any atom is 0.237 e. The van der Waals surface area contributed by atoms with E-state index >= 15 is 0 Å². The zero-order chi connectivity index (χ0) is 15.9. The van der Waals surface area contributed by atoms with Gasteiger partial charge in [0.15, 0.2) is 5.16 Å². The zero-order valence-electron chi connectivity index (χ0n) is 13.1. The molecule has 0 aliphatic heterocycles. The van der Waals surface area contributed by atoms with Crippen LogP contribution in [-0.2, 0) is 4.79 Å². The van der Waals surface area contributed by atoms with Crippen LogP contribution in [0.4, 0.5) is 5.69 Å². The maximum atomic E-state index is 12.4. The largest absolute Gasteiger partial charge is 0.325 e. The van der Waals surface area contributed by atoms with Gasteiger partial charge in [-0.15, -0.1) is 0 Å². The van der Waals surface area contributed by atoms with E-state index in [9.17, 15) is 4.79 Å². The van der Waals surface area contributed by atoms with Gasteiger partial charge in [0.1, 0.15) is 0 Å². The second-order valence-electron chi connectivity index (χ2n) is 5.18. The zero-order valence-corrected chi connectivity index (χ0v) is 13.9. The highest BCUT2D eigenvalue weighted by atomic mass is 32.2. The number of nitrogens with one attached hydrogen (secondary N) is 1. The number of thioether (sulfide) groups is 1. The molecule has 0 unspecified atom stereocenters. The lowest BCUT2D eigenvalue weighted by molar-refractivity contribution is -0.115. The smallest absolute Gasteiger partial charge is 0.237 e. The highest BCUT2D eigenvalue weighted by Gasteiger charge is 2.18. The van der Waals surface area contributed by atoms with Crippen LogP contribution in [0.5, 0.6) is 0 Å². The number of anilines is 1. The van der Waals surface area contributed by atoms with E-state index in [-0.39, 0.29) is 11.2 Å². The molecule has 4 nitrogen and oxygen atoms in total. The first kappa shape index (κ1) is 16.5. The number of carbonyl (C=O) groups excluding carboxylic acids is 1. The lowest BCUT2D eigenvalue weighted by atomic mass is 9.97. The molecule has 0 fully saturated rings. The predicted molar refractivity (Wildman–Crippen MR) is 91.1 cm³/mol. The average molecular weight is 315 g/mol. The van der Waals surface area contributed by atoms with Crippen LogP contribution in [0.25, 0.3) is 0 Å². The minimum Gasteiger partial charge on any atom is -0.325 e. The fraction of sp³-hybridized carbons (Fsp3) is 0.353. The summed E-state index contributed by atoms with van der Waals surface area (Å²) in [5.41, 5.74) is 2.06. The molecular weight excluding hydrogens is 294 g/mol. The molecule has 2 atom stereocenters. The lowest BCUT2D eigenvalue weighted by Gasteiger charge is -2.17. The van der Waals surface area contributed by atoms with Crippen molar-refractivity contribution in [3.8, 4) is 0 Å². The summed E-state index contributed by atoms with van der Waals surface area (Å²) in [4.78, 5) is 20.7. The Morgan fingerprint density at radius 1 is 1.18 bits per heavy atom. The fourth-order valence-electron chi connectivity index (χ4n) is 2.05. The summed E-state index contributed by atoms with van der Waals surface area (Å²) in [7, 11) is 0. The molecular formula is C17H21N3OS. The van der Waals surface area contributed by atoms with Crippen LogP contribution < -0.4 is 5.32 Å². The van der Waals surface area contributed by atoms with Gasteiger partial charge in [0.05, 0.1) is 5.25 Å². The van der Waals surface area contributed by atoms with Crippen LogP contribution in [-0.4, -0.2) is 21.1 Å². The molecule has 0 saturated carbocycles. The Morgan fingerprint density at radius 3 is 2.55 bits per heavy atom. The number of hydrogen-bond donors (Lipinski definition) is 1. The third-order valence-electron chi connectivity index (χ3n) is 3.56. The van der Waals surface area contributed by atoms with Gasteiger partial charge in [-0.1, -0.05) is 43.8 Å². The summed E-state index contributed by atoms with van der Waals surface area (Å²) >= 11 is 1.36.